The average Bonchev–Trinajstić information content (AvgIpc) is 3.90. The maximum atomic E-state index is 14.7. The van der Waals surface area contributed by atoms with Crippen molar-refractivity contribution in [1.29, 1.82) is 0 Å². The minimum atomic E-state index is -4.74. The van der Waals surface area contributed by atoms with E-state index in [9.17, 15) is 27.9 Å². The third-order valence-electron chi connectivity index (χ3n) is 11.5. The van der Waals surface area contributed by atoms with Crippen LogP contribution < -0.4 is 20.1 Å². The molecule has 2 aromatic carbocycles. The van der Waals surface area contributed by atoms with Crippen LogP contribution in [0, 0.1) is 0 Å². The second-order valence-corrected chi connectivity index (χ2v) is 15.4. The van der Waals surface area contributed by atoms with E-state index in [4.69, 9.17) is 26.1 Å². The first-order valence-electron chi connectivity index (χ1n) is 18.9. The molecule has 0 radical (unpaired) electrons. The molecule has 3 aliphatic rings. The first kappa shape index (κ1) is 39.4. The number of hydrogen-bond acceptors (Lipinski definition) is 8. The number of amides is 1. The van der Waals surface area contributed by atoms with Crippen molar-refractivity contribution >= 4 is 29.3 Å². The van der Waals surface area contributed by atoms with E-state index in [0.717, 1.165) is 65.1 Å². The number of carbonyl (C=O) groups is 2. The Kier molecular flexibility index (Phi) is 11.2. The van der Waals surface area contributed by atoms with Crippen LogP contribution in [0.3, 0.4) is 0 Å². The molecule has 0 saturated carbocycles. The predicted molar refractivity (Wildman–Crippen MR) is 207 cm³/mol. The highest BCUT2D eigenvalue weighted by molar-refractivity contribution is 6.36. The Morgan fingerprint density at radius 2 is 1.75 bits per heavy atom. The van der Waals surface area contributed by atoms with Crippen molar-refractivity contribution in [2.75, 3.05) is 26.1 Å². The maximum absolute atomic E-state index is 14.7. The number of nitrogens with zero attached hydrogens (tertiary/aromatic N) is 3. The molecule has 0 unspecified atom stereocenters. The van der Waals surface area contributed by atoms with Crippen LogP contribution in [0.25, 0.3) is 22.4 Å². The Hall–Kier alpha value is -4.88. The monoisotopic (exact) mass is 791 g/mol. The first-order valence-corrected chi connectivity index (χ1v) is 19.3. The molecule has 0 spiro atoms. The van der Waals surface area contributed by atoms with Crippen LogP contribution >= 0.6 is 11.6 Å². The Labute approximate surface area is 328 Å². The zero-order chi connectivity index (χ0) is 39.8. The fourth-order valence-corrected chi connectivity index (χ4v) is 8.78. The van der Waals surface area contributed by atoms with Crippen molar-refractivity contribution in [1.82, 2.24) is 20.2 Å². The third-order valence-corrected chi connectivity index (χ3v) is 11.9. The molecule has 7 rings (SSSR count). The molecule has 3 N–H and O–H groups in total. The number of halogens is 4. The molecule has 56 heavy (non-hydrogen) atoms. The van der Waals surface area contributed by atoms with Gasteiger partial charge in [-0.2, -0.15) is 18.2 Å². The fraction of sp³-hybridized carbons (Fsp3) is 0.429. The van der Waals surface area contributed by atoms with Gasteiger partial charge in [-0.1, -0.05) is 54.1 Å². The molecular formula is C42H45ClF3N5O5. The van der Waals surface area contributed by atoms with Gasteiger partial charge in [-0.25, -0.2) is 4.98 Å². The van der Waals surface area contributed by atoms with Gasteiger partial charge in [0.2, 0.25) is 17.7 Å². The van der Waals surface area contributed by atoms with Crippen molar-refractivity contribution in [3.8, 4) is 34.1 Å². The second kappa shape index (κ2) is 15.9. The lowest BCUT2D eigenvalue weighted by Crippen LogP contribution is -2.47. The summed E-state index contributed by atoms with van der Waals surface area (Å²) in [4.78, 5) is 34.5. The lowest BCUT2D eigenvalue weighted by atomic mass is 9.94. The van der Waals surface area contributed by atoms with Gasteiger partial charge >= 0.3 is 12.1 Å². The predicted octanol–water partition coefficient (Wildman–Crippen LogP) is 8.64. The average molecular weight is 792 g/mol. The lowest BCUT2D eigenvalue weighted by Gasteiger charge is -2.31. The summed E-state index contributed by atoms with van der Waals surface area (Å²) in [5.41, 5.74) is 3.84. The molecule has 1 aliphatic carbocycles. The lowest BCUT2D eigenvalue weighted by molar-refractivity contribution is -0.149. The van der Waals surface area contributed by atoms with E-state index in [-0.39, 0.29) is 35.8 Å². The molecular weight excluding hydrogens is 747 g/mol. The standard InChI is InChI=1S/C42H45ClF3N5O5/c1-41(40(53)54)20-7-21-51(41)23-25-22-32(42(44,45)46)37(50-39(25)56-3)48-33-18-16-28-27(10-5-11-29(28)33)30-12-6-13-31(36(30)43)34-17-14-24(38(49-34)55-2)8-4-9-26-15-19-35(52)47-26/h5-6,10-14,17,22,26,33H,4,7-9,15-16,18-21,23H2,1-3H3,(H,47,52)(H,48,50)(H,53,54)/t26-,33+,41+/m1/s1. The molecule has 3 atom stereocenters. The quantitative estimate of drug-likeness (QED) is 0.122. The highest BCUT2D eigenvalue weighted by Gasteiger charge is 2.44. The van der Waals surface area contributed by atoms with E-state index >= 15 is 0 Å². The number of ether oxygens (including phenoxy) is 2. The Morgan fingerprint density at radius 3 is 2.46 bits per heavy atom. The molecule has 4 aromatic rings. The molecule has 10 nitrogen and oxygen atoms in total. The summed E-state index contributed by atoms with van der Waals surface area (Å²) < 4.78 is 55.2. The van der Waals surface area contributed by atoms with Gasteiger partial charge in [-0.05, 0) is 93.7 Å². The van der Waals surface area contributed by atoms with E-state index in [1.165, 1.54) is 7.11 Å². The van der Waals surface area contributed by atoms with Crippen LogP contribution in [0.2, 0.25) is 5.02 Å². The third kappa shape index (κ3) is 7.75. The van der Waals surface area contributed by atoms with Crippen molar-refractivity contribution in [2.24, 2.45) is 0 Å². The van der Waals surface area contributed by atoms with Gasteiger partial charge in [0.1, 0.15) is 11.4 Å². The van der Waals surface area contributed by atoms with Gasteiger partial charge in [-0.3, -0.25) is 14.5 Å². The number of anilines is 1. The number of carbonyl (C=O) groups excluding carboxylic acids is 1. The summed E-state index contributed by atoms with van der Waals surface area (Å²) in [6.07, 6.45) is 1.35. The van der Waals surface area contributed by atoms with Crippen molar-refractivity contribution in [2.45, 2.75) is 95.1 Å². The van der Waals surface area contributed by atoms with Gasteiger partial charge in [0.25, 0.3) is 0 Å². The molecule has 296 valence electrons. The van der Waals surface area contributed by atoms with Gasteiger partial charge in [0.05, 0.1) is 36.5 Å². The van der Waals surface area contributed by atoms with Crippen LogP contribution in [0.1, 0.15) is 85.7 Å². The minimum Gasteiger partial charge on any atom is -0.481 e. The molecule has 2 aromatic heterocycles. The number of pyridine rings is 2. The Bertz CT molecular complexity index is 2150. The Morgan fingerprint density at radius 1 is 1.02 bits per heavy atom. The maximum Gasteiger partial charge on any atom is 0.419 e. The molecule has 14 heteroatoms. The number of likely N-dealkylation sites (tertiary alicyclic amines) is 1. The smallest absolute Gasteiger partial charge is 0.419 e. The number of methoxy groups -OCH3 is 2. The second-order valence-electron chi connectivity index (χ2n) is 15.0. The van der Waals surface area contributed by atoms with E-state index in [0.29, 0.717) is 55.2 Å². The zero-order valence-corrected chi connectivity index (χ0v) is 32.3. The summed E-state index contributed by atoms with van der Waals surface area (Å²) in [6.45, 7) is 1.97. The number of fused-ring (bicyclic) bond motifs is 1. The van der Waals surface area contributed by atoms with Crippen LogP contribution in [-0.2, 0) is 35.2 Å². The van der Waals surface area contributed by atoms with Crippen LogP contribution in [0.4, 0.5) is 19.0 Å². The zero-order valence-electron chi connectivity index (χ0n) is 31.6. The van der Waals surface area contributed by atoms with Crippen molar-refractivity contribution in [3.05, 3.63) is 87.4 Å². The van der Waals surface area contributed by atoms with Gasteiger partial charge in [0.15, 0.2) is 0 Å². The number of carboxylic acid groups (broad SMARTS) is 1. The highest BCUT2D eigenvalue weighted by atomic mass is 35.5. The number of benzene rings is 2. The van der Waals surface area contributed by atoms with Gasteiger partial charge < -0.3 is 25.2 Å². The molecule has 1 amide bonds. The largest absolute Gasteiger partial charge is 0.481 e. The summed E-state index contributed by atoms with van der Waals surface area (Å²) in [5, 5.41) is 16.5. The number of rotatable bonds is 13. The molecule has 2 aliphatic heterocycles. The summed E-state index contributed by atoms with van der Waals surface area (Å²) >= 11 is 7.15. The SMILES string of the molecule is COc1nc(-c2cccc(-c3cccc4c3CC[C@@H]4Nc3nc(OC)c(CN4CCC[C@@]4(C)C(=O)O)cc3C(F)(F)F)c2Cl)ccc1CCC[C@@H]1CCC(=O)N1. The number of nitrogens with one attached hydrogen (secondary N) is 2. The number of hydrogen-bond donors (Lipinski definition) is 3. The summed E-state index contributed by atoms with van der Waals surface area (Å²) in [6, 6.07) is 16.2. The van der Waals surface area contributed by atoms with E-state index < -0.39 is 29.3 Å². The summed E-state index contributed by atoms with van der Waals surface area (Å²) in [5.74, 6) is -0.739. The minimum absolute atomic E-state index is 0.00745. The normalized spacial score (nSPS) is 20.9. The number of aromatic nitrogens is 2. The van der Waals surface area contributed by atoms with Gasteiger partial charge in [-0.15, -0.1) is 0 Å². The van der Waals surface area contributed by atoms with Crippen LogP contribution in [0.15, 0.2) is 54.6 Å². The van der Waals surface area contributed by atoms with E-state index in [1.807, 2.05) is 48.5 Å². The number of aryl methyl sites for hydroxylation is 1. The van der Waals surface area contributed by atoms with Gasteiger partial charge in [0, 0.05) is 41.3 Å². The first-order chi connectivity index (χ1) is 26.8. The number of alkyl halides is 3. The molecule has 2 saturated heterocycles. The Balaban J connectivity index is 1.14. The molecule has 4 heterocycles. The topological polar surface area (TPSA) is 126 Å². The van der Waals surface area contributed by atoms with Crippen LogP contribution in [0.5, 0.6) is 11.8 Å². The van der Waals surface area contributed by atoms with Crippen molar-refractivity contribution in [3.63, 3.8) is 0 Å². The van der Waals surface area contributed by atoms with Crippen LogP contribution in [-0.4, -0.2) is 64.2 Å². The number of carboxylic acids is 1. The number of aliphatic carboxylic acids is 1. The summed E-state index contributed by atoms with van der Waals surface area (Å²) in [7, 11) is 2.93. The van der Waals surface area contributed by atoms with E-state index in [2.05, 4.69) is 15.6 Å². The fourth-order valence-electron chi connectivity index (χ4n) is 8.45. The molecule has 0 bridgehead atoms. The van der Waals surface area contributed by atoms with E-state index in [1.54, 1.807) is 18.9 Å². The van der Waals surface area contributed by atoms with Crippen molar-refractivity contribution < 1.29 is 37.3 Å². The highest BCUT2D eigenvalue weighted by Crippen LogP contribution is 2.45. The molecule has 2 fully saturated rings.